The zero-order chi connectivity index (χ0) is 22.2. The zero-order valence-electron chi connectivity index (χ0n) is 18.9. The molecule has 3 aliphatic rings. The minimum atomic E-state index is 0.137. The summed E-state index contributed by atoms with van der Waals surface area (Å²) < 4.78 is 5.48. The number of H-pyrrole nitrogens is 1. The van der Waals surface area contributed by atoms with Crippen molar-refractivity contribution in [2.75, 3.05) is 44.7 Å². The van der Waals surface area contributed by atoms with E-state index >= 15 is 0 Å². The molecule has 1 aliphatic carbocycles. The smallest absolute Gasteiger partial charge is 0.253 e. The lowest BCUT2D eigenvalue weighted by atomic mass is 10.00. The summed E-state index contributed by atoms with van der Waals surface area (Å²) in [6.45, 7) is 5.34. The van der Waals surface area contributed by atoms with Crippen molar-refractivity contribution in [1.82, 2.24) is 19.8 Å². The first kappa shape index (κ1) is 20.7. The average Bonchev–Trinajstić information content (AvgIpc) is 3.57. The number of hydrogen-bond donors (Lipinski definition) is 2. The number of piperidine rings is 1. The van der Waals surface area contributed by atoms with Crippen LogP contribution in [-0.4, -0.2) is 77.2 Å². The Balaban J connectivity index is 1.16. The molecule has 3 fully saturated rings. The highest BCUT2D eigenvalue weighted by Gasteiger charge is 2.28. The molecule has 2 aliphatic heterocycles. The highest BCUT2D eigenvalue weighted by Crippen LogP contribution is 2.37. The number of hydrogen-bond acceptors (Lipinski definition) is 5. The van der Waals surface area contributed by atoms with Crippen LogP contribution in [0.4, 0.5) is 5.69 Å². The van der Waals surface area contributed by atoms with Gasteiger partial charge in [-0.3, -0.25) is 9.69 Å². The Kier molecular flexibility index (Phi) is 5.52. The number of aromatic amines is 1. The number of fused-ring (bicyclic) bond motifs is 1. The molecule has 0 unspecified atom stereocenters. The van der Waals surface area contributed by atoms with E-state index in [2.05, 4.69) is 38.4 Å². The number of ether oxygens (including phenoxy) is 1. The van der Waals surface area contributed by atoms with Crippen molar-refractivity contribution >= 4 is 22.6 Å². The standard InChI is InChI=1S/C26H31N5O2/c32-26(31-11-8-21(9-12-31)30-13-15-33-16-14-30)19-3-1-18(2-4-19)23-17-28-25-22(7-10-27-25)24(23)29-20-5-6-20/h1-4,7,10,17,20-21H,5-6,8-9,11-16H2,(H2,27,28,29). The van der Waals surface area contributed by atoms with Gasteiger partial charge in [0.15, 0.2) is 0 Å². The second kappa shape index (κ2) is 8.80. The Bertz CT molecular complexity index is 1120. The van der Waals surface area contributed by atoms with Crippen LogP contribution in [0.25, 0.3) is 22.2 Å². The lowest BCUT2D eigenvalue weighted by Gasteiger charge is -2.40. The predicted molar refractivity (Wildman–Crippen MR) is 129 cm³/mol. The SMILES string of the molecule is O=C(c1ccc(-c2cnc3[nH]ccc3c2NC2CC2)cc1)N1CCC(N2CCOCC2)CC1. The number of amides is 1. The third kappa shape index (κ3) is 4.23. The molecule has 2 N–H and O–H groups in total. The van der Waals surface area contributed by atoms with E-state index in [0.29, 0.717) is 12.1 Å². The number of likely N-dealkylation sites (tertiary alicyclic amines) is 1. The van der Waals surface area contributed by atoms with Gasteiger partial charge in [-0.25, -0.2) is 4.98 Å². The molecule has 0 bridgehead atoms. The number of rotatable bonds is 5. The van der Waals surface area contributed by atoms with Crippen LogP contribution in [0.3, 0.4) is 0 Å². The highest BCUT2D eigenvalue weighted by atomic mass is 16.5. The van der Waals surface area contributed by atoms with E-state index in [1.807, 2.05) is 29.4 Å². The molecule has 1 amide bonds. The van der Waals surface area contributed by atoms with Crippen molar-refractivity contribution in [3.63, 3.8) is 0 Å². The topological polar surface area (TPSA) is 73.5 Å². The van der Waals surface area contributed by atoms with Gasteiger partial charge in [-0.2, -0.15) is 0 Å². The molecule has 172 valence electrons. The summed E-state index contributed by atoms with van der Waals surface area (Å²) in [7, 11) is 0. The molecule has 6 rings (SSSR count). The number of benzene rings is 1. The van der Waals surface area contributed by atoms with Gasteiger partial charge in [0, 0.05) is 67.2 Å². The van der Waals surface area contributed by atoms with Crippen LogP contribution in [0, 0.1) is 0 Å². The van der Waals surface area contributed by atoms with E-state index in [4.69, 9.17) is 4.74 Å². The Morgan fingerprint density at radius 2 is 1.76 bits per heavy atom. The van der Waals surface area contributed by atoms with Crippen molar-refractivity contribution in [3.8, 4) is 11.1 Å². The van der Waals surface area contributed by atoms with Gasteiger partial charge in [0.2, 0.25) is 0 Å². The van der Waals surface area contributed by atoms with Gasteiger partial charge in [0.25, 0.3) is 5.91 Å². The predicted octanol–water partition coefficient (Wildman–Crippen LogP) is 3.74. The van der Waals surface area contributed by atoms with Gasteiger partial charge in [-0.05, 0) is 49.4 Å². The van der Waals surface area contributed by atoms with Gasteiger partial charge >= 0.3 is 0 Å². The van der Waals surface area contributed by atoms with E-state index in [1.54, 1.807) is 0 Å². The first-order valence-electron chi connectivity index (χ1n) is 12.2. The normalized spacial score (nSPS) is 20.3. The minimum Gasteiger partial charge on any atom is -0.381 e. The van der Waals surface area contributed by atoms with Crippen LogP contribution < -0.4 is 5.32 Å². The van der Waals surface area contributed by atoms with E-state index in [1.165, 1.54) is 12.8 Å². The summed E-state index contributed by atoms with van der Waals surface area (Å²) in [6.07, 6.45) is 8.37. The lowest BCUT2D eigenvalue weighted by molar-refractivity contribution is 0.00159. The van der Waals surface area contributed by atoms with Crippen LogP contribution in [-0.2, 0) is 4.74 Å². The average molecular weight is 446 g/mol. The van der Waals surface area contributed by atoms with Crippen LogP contribution in [0.1, 0.15) is 36.0 Å². The molecular formula is C26H31N5O2. The molecule has 2 saturated heterocycles. The van der Waals surface area contributed by atoms with Crippen molar-refractivity contribution in [1.29, 1.82) is 0 Å². The Labute approximate surface area is 194 Å². The fraction of sp³-hybridized carbons (Fsp3) is 0.462. The van der Waals surface area contributed by atoms with Crippen LogP contribution in [0.15, 0.2) is 42.7 Å². The number of morpholine rings is 1. The summed E-state index contributed by atoms with van der Waals surface area (Å²) in [6, 6.07) is 11.2. The fourth-order valence-corrected chi connectivity index (χ4v) is 5.17. The fourth-order valence-electron chi connectivity index (χ4n) is 5.17. The summed E-state index contributed by atoms with van der Waals surface area (Å²) in [4.78, 5) is 25.5. The quantitative estimate of drug-likeness (QED) is 0.626. The zero-order valence-corrected chi connectivity index (χ0v) is 18.9. The summed E-state index contributed by atoms with van der Waals surface area (Å²) >= 11 is 0. The van der Waals surface area contributed by atoms with E-state index < -0.39 is 0 Å². The van der Waals surface area contributed by atoms with Crippen molar-refractivity contribution in [2.24, 2.45) is 0 Å². The van der Waals surface area contributed by atoms with Gasteiger partial charge in [-0.1, -0.05) is 12.1 Å². The number of pyridine rings is 1. The first-order valence-corrected chi connectivity index (χ1v) is 12.2. The van der Waals surface area contributed by atoms with Crippen molar-refractivity contribution in [2.45, 2.75) is 37.8 Å². The largest absolute Gasteiger partial charge is 0.381 e. The maximum atomic E-state index is 13.2. The molecule has 0 spiro atoms. The number of aromatic nitrogens is 2. The molecule has 1 aromatic carbocycles. The third-order valence-electron chi connectivity index (χ3n) is 7.27. The van der Waals surface area contributed by atoms with E-state index in [9.17, 15) is 4.79 Å². The maximum absolute atomic E-state index is 13.2. The summed E-state index contributed by atoms with van der Waals surface area (Å²) in [5.41, 5.74) is 4.95. The first-order chi connectivity index (χ1) is 16.3. The molecule has 0 atom stereocenters. The van der Waals surface area contributed by atoms with Crippen LogP contribution in [0.2, 0.25) is 0 Å². The second-order valence-electron chi connectivity index (χ2n) is 9.45. The van der Waals surface area contributed by atoms with Crippen molar-refractivity contribution in [3.05, 3.63) is 48.3 Å². The Hall–Kier alpha value is -2.90. The Morgan fingerprint density at radius 1 is 1.00 bits per heavy atom. The van der Waals surface area contributed by atoms with Gasteiger partial charge < -0.3 is 19.9 Å². The molecule has 4 heterocycles. The second-order valence-corrected chi connectivity index (χ2v) is 9.45. The molecule has 7 heteroatoms. The minimum absolute atomic E-state index is 0.137. The lowest BCUT2D eigenvalue weighted by Crippen LogP contribution is -2.50. The maximum Gasteiger partial charge on any atom is 0.253 e. The van der Waals surface area contributed by atoms with Crippen molar-refractivity contribution < 1.29 is 9.53 Å². The number of nitrogens with zero attached hydrogens (tertiary/aromatic N) is 3. The Morgan fingerprint density at radius 3 is 2.48 bits per heavy atom. The van der Waals surface area contributed by atoms with Gasteiger partial charge in [0.05, 0.1) is 18.9 Å². The number of carbonyl (C=O) groups excluding carboxylic acids is 1. The third-order valence-corrected chi connectivity index (χ3v) is 7.27. The van der Waals surface area contributed by atoms with Crippen LogP contribution in [0.5, 0.6) is 0 Å². The molecule has 2 aromatic heterocycles. The molecule has 0 radical (unpaired) electrons. The number of anilines is 1. The molecule has 3 aromatic rings. The molecule has 7 nitrogen and oxygen atoms in total. The van der Waals surface area contributed by atoms with E-state index in [0.717, 1.165) is 85.6 Å². The number of carbonyl (C=O) groups is 1. The van der Waals surface area contributed by atoms with Crippen LogP contribution >= 0.6 is 0 Å². The molecule has 1 saturated carbocycles. The van der Waals surface area contributed by atoms with Gasteiger partial charge in [0.1, 0.15) is 5.65 Å². The highest BCUT2D eigenvalue weighted by molar-refractivity contribution is 5.99. The summed E-state index contributed by atoms with van der Waals surface area (Å²) in [5.74, 6) is 0.137. The molecular weight excluding hydrogens is 414 g/mol. The van der Waals surface area contributed by atoms with E-state index in [-0.39, 0.29) is 5.91 Å². The van der Waals surface area contributed by atoms with Gasteiger partial charge in [-0.15, -0.1) is 0 Å². The monoisotopic (exact) mass is 445 g/mol. The molecule has 33 heavy (non-hydrogen) atoms. The number of nitrogens with one attached hydrogen (secondary N) is 2. The summed E-state index contributed by atoms with van der Waals surface area (Å²) in [5, 5.41) is 4.80.